The molecule has 0 fully saturated rings. The molecule has 0 heterocycles. The minimum atomic E-state index is 1.08. The van der Waals surface area contributed by atoms with Crippen molar-refractivity contribution in [3.05, 3.63) is 261 Å². The van der Waals surface area contributed by atoms with Gasteiger partial charge in [0.1, 0.15) is 0 Å². The fourth-order valence-electron chi connectivity index (χ4n) is 9.33. The van der Waals surface area contributed by atoms with Gasteiger partial charge in [-0.15, -0.1) is 0 Å². The SMILES string of the molecule is c1ccc(-c2ccc(-c3ccc(N(c4ccc(-c5ccccc5)c(-c5ccccc5)c4)c4cccc5c(-c6ccccc6)c(-c6ccccc6)c6ccccc6c45)cc3)cc2)cc1. The molecule has 1 heteroatoms. The van der Waals surface area contributed by atoms with Crippen LogP contribution in [0.15, 0.2) is 261 Å². The summed E-state index contributed by atoms with van der Waals surface area (Å²) < 4.78 is 0. The molecule has 0 N–H and O–H groups in total. The fourth-order valence-corrected chi connectivity index (χ4v) is 9.33. The molecular formula is C62H43N. The molecule has 0 unspecified atom stereocenters. The second-order valence-electron chi connectivity index (χ2n) is 16.0. The molecule has 0 saturated carbocycles. The zero-order valence-corrected chi connectivity index (χ0v) is 34.8. The molecule has 0 aliphatic heterocycles. The Morgan fingerprint density at radius 2 is 0.603 bits per heavy atom. The van der Waals surface area contributed by atoms with Crippen molar-refractivity contribution in [1.29, 1.82) is 0 Å². The molecule has 11 aromatic rings. The summed E-state index contributed by atoms with van der Waals surface area (Å²) >= 11 is 0. The smallest absolute Gasteiger partial charge is 0.0546 e. The van der Waals surface area contributed by atoms with Crippen LogP contribution in [0.1, 0.15) is 0 Å². The lowest BCUT2D eigenvalue weighted by Gasteiger charge is -2.30. The predicted molar refractivity (Wildman–Crippen MR) is 269 cm³/mol. The molecule has 0 spiro atoms. The summed E-state index contributed by atoms with van der Waals surface area (Å²) in [6, 6.07) is 94.7. The van der Waals surface area contributed by atoms with Gasteiger partial charge in [-0.2, -0.15) is 0 Å². The Balaban J connectivity index is 1.16. The van der Waals surface area contributed by atoms with Crippen LogP contribution in [-0.2, 0) is 0 Å². The quantitative estimate of drug-likeness (QED) is 0.131. The van der Waals surface area contributed by atoms with Crippen LogP contribution in [0.4, 0.5) is 17.1 Å². The topological polar surface area (TPSA) is 3.24 Å². The first-order valence-electron chi connectivity index (χ1n) is 21.7. The first-order valence-corrected chi connectivity index (χ1v) is 21.7. The van der Waals surface area contributed by atoms with Crippen LogP contribution < -0.4 is 4.90 Å². The zero-order valence-electron chi connectivity index (χ0n) is 34.8. The summed E-state index contributed by atoms with van der Waals surface area (Å²) in [7, 11) is 0. The van der Waals surface area contributed by atoms with E-state index in [1.54, 1.807) is 0 Å². The standard InChI is InChI=1S/C62H43N/c1-6-19-44(20-7-1)45-33-35-46(36-34-45)47-37-39-52(40-38-47)63(53-41-42-54(48-21-8-2-9-22-48)58(43-53)49-23-10-3-11-24-49)59-32-18-31-57-61(51-27-14-5-15-28-51)60(50-25-12-4-13-26-50)55-29-16-17-30-56(55)62(57)59/h1-43H. The van der Waals surface area contributed by atoms with Crippen molar-refractivity contribution in [3.63, 3.8) is 0 Å². The van der Waals surface area contributed by atoms with E-state index in [-0.39, 0.29) is 0 Å². The van der Waals surface area contributed by atoms with Crippen molar-refractivity contribution in [2.45, 2.75) is 0 Å². The van der Waals surface area contributed by atoms with Gasteiger partial charge < -0.3 is 4.90 Å². The Hall–Kier alpha value is -8.26. The molecule has 0 bridgehead atoms. The highest BCUT2D eigenvalue weighted by Crippen LogP contribution is 2.50. The van der Waals surface area contributed by atoms with Crippen LogP contribution >= 0.6 is 0 Å². The van der Waals surface area contributed by atoms with Gasteiger partial charge in [-0.3, -0.25) is 0 Å². The average Bonchev–Trinajstić information content (AvgIpc) is 3.37. The number of rotatable bonds is 9. The second-order valence-corrected chi connectivity index (χ2v) is 16.0. The zero-order chi connectivity index (χ0) is 42.0. The molecule has 1 nitrogen and oxygen atoms in total. The monoisotopic (exact) mass is 801 g/mol. The first kappa shape index (κ1) is 37.7. The maximum Gasteiger partial charge on any atom is 0.0546 e. The molecule has 0 saturated heterocycles. The van der Waals surface area contributed by atoms with Crippen molar-refractivity contribution in [2.24, 2.45) is 0 Å². The number of anilines is 3. The third-order valence-electron chi connectivity index (χ3n) is 12.3. The highest BCUT2D eigenvalue weighted by atomic mass is 15.1. The predicted octanol–water partition coefficient (Wildman–Crippen LogP) is 17.5. The molecule has 0 amide bonds. The minimum absolute atomic E-state index is 1.08. The molecule has 11 aromatic carbocycles. The Bertz CT molecular complexity index is 3320. The number of hydrogen-bond acceptors (Lipinski definition) is 1. The van der Waals surface area contributed by atoms with Gasteiger partial charge >= 0.3 is 0 Å². The Morgan fingerprint density at radius 3 is 1.14 bits per heavy atom. The van der Waals surface area contributed by atoms with E-state index in [9.17, 15) is 0 Å². The summed E-state index contributed by atoms with van der Waals surface area (Å²) in [5.41, 5.74) is 17.7. The maximum absolute atomic E-state index is 2.47. The normalized spacial score (nSPS) is 11.2. The lowest BCUT2D eigenvalue weighted by Crippen LogP contribution is -2.11. The number of benzene rings is 11. The van der Waals surface area contributed by atoms with Crippen LogP contribution in [0.3, 0.4) is 0 Å². The number of hydrogen-bond donors (Lipinski definition) is 0. The van der Waals surface area contributed by atoms with Gasteiger partial charge in [0.15, 0.2) is 0 Å². The molecular weight excluding hydrogens is 759 g/mol. The van der Waals surface area contributed by atoms with E-state index in [1.807, 2.05) is 0 Å². The molecule has 0 aliphatic carbocycles. The van der Waals surface area contributed by atoms with Crippen LogP contribution in [0.5, 0.6) is 0 Å². The third-order valence-corrected chi connectivity index (χ3v) is 12.3. The summed E-state index contributed by atoms with van der Waals surface area (Å²) in [4.78, 5) is 2.47. The van der Waals surface area contributed by atoms with E-state index in [4.69, 9.17) is 0 Å². The van der Waals surface area contributed by atoms with Crippen molar-refractivity contribution in [2.75, 3.05) is 4.90 Å². The molecule has 0 atom stereocenters. The van der Waals surface area contributed by atoms with Gasteiger partial charge in [0.25, 0.3) is 0 Å². The van der Waals surface area contributed by atoms with Gasteiger partial charge in [0, 0.05) is 16.8 Å². The van der Waals surface area contributed by atoms with Gasteiger partial charge in [-0.25, -0.2) is 0 Å². The molecule has 0 aromatic heterocycles. The lowest BCUT2D eigenvalue weighted by molar-refractivity contribution is 1.30. The minimum Gasteiger partial charge on any atom is -0.310 e. The van der Waals surface area contributed by atoms with Gasteiger partial charge in [-0.05, 0) is 113 Å². The highest BCUT2D eigenvalue weighted by molar-refractivity contribution is 6.25. The molecule has 11 rings (SSSR count). The molecule has 296 valence electrons. The molecule has 0 aliphatic rings. The van der Waals surface area contributed by atoms with E-state index < -0.39 is 0 Å². The largest absolute Gasteiger partial charge is 0.310 e. The van der Waals surface area contributed by atoms with Gasteiger partial charge in [0.2, 0.25) is 0 Å². The van der Waals surface area contributed by atoms with Crippen LogP contribution in [-0.4, -0.2) is 0 Å². The van der Waals surface area contributed by atoms with Crippen LogP contribution in [0, 0.1) is 0 Å². The number of nitrogens with zero attached hydrogens (tertiary/aromatic N) is 1. The van der Waals surface area contributed by atoms with E-state index in [1.165, 1.54) is 88.3 Å². The summed E-state index contributed by atoms with van der Waals surface area (Å²) in [6.45, 7) is 0. The Morgan fingerprint density at radius 1 is 0.222 bits per heavy atom. The Labute approximate surface area is 369 Å². The molecule has 0 radical (unpaired) electrons. The van der Waals surface area contributed by atoms with Gasteiger partial charge in [0.05, 0.1) is 5.69 Å². The van der Waals surface area contributed by atoms with E-state index >= 15 is 0 Å². The summed E-state index contributed by atoms with van der Waals surface area (Å²) in [5.74, 6) is 0. The van der Waals surface area contributed by atoms with Crippen LogP contribution in [0.25, 0.3) is 88.3 Å². The summed E-state index contributed by atoms with van der Waals surface area (Å²) in [5, 5.41) is 4.85. The molecule has 63 heavy (non-hydrogen) atoms. The second kappa shape index (κ2) is 16.7. The van der Waals surface area contributed by atoms with Crippen molar-refractivity contribution in [1.82, 2.24) is 0 Å². The number of fused-ring (bicyclic) bond motifs is 3. The average molecular weight is 802 g/mol. The van der Waals surface area contributed by atoms with E-state index in [2.05, 4.69) is 266 Å². The van der Waals surface area contributed by atoms with Crippen molar-refractivity contribution in [3.8, 4) is 66.8 Å². The first-order chi connectivity index (χ1) is 31.3. The van der Waals surface area contributed by atoms with Crippen molar-refractivity contribution >= 4 is 38.6 Å². The summed E-state index contributed by atoms with van der Waals surface area (Å²) in [6.07, 6.45) is 0. The highest BCUT2D eigenvalue weighted by Gasteiger charge is 2.24. The third kappa shape index (κ3) is 7.16. The fraction of sp³-hybridized carbons (Fsp3) is 0. The van der Waals surface area contributed by atoms with Gasteiger partial charge in [-0.1, -0.05) is 231 Å². The lowest BCUT2D eigenvalue weighted by atomic mass is 9.84. The van der Waals surface area contributed by atoms with Crippen molar-refractivity contribution < 1.29 is 0 Å². The van der Waals surface area contributed by atoms with E-state index in [0.717, 1.165) is 17.1 Å². The maximum atomic E-state index is 2.47. The van der Waals surface area contributed by atoms with Crippen LogP contribution in [0.2, 0.25) is 0 Å². The Kier molecular flexibility index (Phi) is 9.97. The van der Waals surface area contributed by atoms with E-state index in [0.29, 0.717) is 0 Å².